The average Bonchev–Trinajstić information content (AvgIpc) is 3.09. The molecule has 1 aliphatic rings. The summed E-state index contributed by atoms with van der Waals surface area (Å²) in [4.78, 5) is 28.7. The number of hydrogen-bond donors (Lipinski definition) is 1. The van der Waals surface area contributed by atoms with E-state index in [1.54, 1.807) is 30.3 Å². The first-order chi connectivity index (χ1) is 12.8. The number of likely N-dealkylation sites (tertiary alicyclic amines) is 1. The number of amides is 1. The highest BCUT2D eigenvalue weighted by Crippen LogP contribution is 2.38. The summed E-state index contributed by atoms with van der Waals surface area (Å²) in [5, 5.41) is 9.09. The molecule has 2 atom stereocenters. The van der Waals surface area contributed by atoms with Crippen molar-refractivity contribution in [3.05, 3.63) is 54.4 Å². The van der Waals surface area contributed by atoms with Gasteiger partial charge in [-0.1, -0.05) is 18.2 Å². The molecule has 2 aromatic rings. The van der Waals surface area contributed by atoms with E-state index in [4.69, 9.17) is 9.84 Å². The SMILES string of the molecule is O=C(O)[C@@H]1CN(C(=O)c2ncccc2Oc2ccccc2)C[C@H]1C(F)(F)F. The Morgan fingerprint density at radius 3 is 2.41 bits per heavy atom. The molecule has 6 nitrogen and oxygen atoms in total. The fourth-order valence-electron chi connectivity index (χ4n) is 2.95. The highest BCUT2D eigenvalue weighted by Gasteiger charge is 2.53. The fourth-order valence-corrected chi connectivity index (χ4v) is 2.95. The zero-order chi connectivity index (χ0) is 19.6. The summed E-state index contributed by atoms with van der Waals surface area (Å²) in [5.74, 6) is -5.72. The van der Waals surface area contributed by atoms with E-state index in [9.17, 15) is 22.8 Å². The summed E-state index contributed by atoms with van der Waals surface area (Å²) < 4.78 is 45.0. The van der Waals surface area contributed by atoms with Crippen LogP contribution >= 0.6 is 0 Å². The van der Waals surface area contributed by atoms with Crippen LogP contribution in [0.3, 0.4) is 0 Å². The minimum Gasteiger partial charge on any atom is -0.481 e. The molecular formula is C18H15F3N2O4. The van der Waals surface area contributed by atoms with Crippen molar-refractivity contribution >= 4 is 11.9 Å². The summed E-state index contributed by atoms with van der Waals surface area (Å²) in [6, 6.07) is 11.5. The summed E-state index contributed by atoms with van der Waals surface area (Å²) in [6.07, 6.45) is -3.40. The molecule has 27 heavy (non-hydrogen) atoms. The average molecular weight is 380 g/mol. The van der Waals surface area contributed by atoms with E-state index in [1.807, 2.05) is 0 Å². The lowest BCUT2D eigenvalue weighted by atomic mass is 9.96. The maximum Gasteiger partial charge on any atom is 0.394 e. The molecule has 1 aromatic carbocycles. The second-order valence-electron chi connectivity index (χ2n) is 6.07. The first-order valence-electron chi connectivity index (χ1n) is 8.04. The van der Waals surface area contributed by atoms with Gasteiger partial charge in [0, 0.05) is 19.3 Å². The van der Waals surface area contributed by atoms with Crippen LogP contribution in [0.25, 0.3) is 0 Å². The number of halogens is 3. The van der Waals surface area contributed by atoms with Crippen molar-refractivity contribution in [1.29, 1.82) is 0 Å². The normalized spacial score (nSPS) is 19.7. The van der Waals surface area contributed by atoms with Crippen molar-refractivity contribution in [3.8, 4) is 11.5 Å². The van der Waals surface area contributed by atoms with Crippen LogP contribution in [0.5, 0.6) is 11.5 Å². The first-order valence-corrected chi connectivity index (χ1v) is 8.04. The predicted molar refractivity (Wildman–Crippen MR) is 87.3 cm³/mol. The Morgan fingerprint density at radius 2 is 1.81 bits per heavy atom. The number of aromatic nitrogens is 1. The molecule has 0 unspecified atom stereocenters. The maximum atomic E-state index is 13.1. The number of nitrogens with zero attached hydrogens (tertiary/aromatic N) is 2. The molecule has 142 valence electrons. The Balaban J connectivity index is 1.85. The van der Waals surface area contributed by atoms with Crippen LogP contribution in [0.2, 0.25) is 0 Å². The van der Waals surface area contributed by atoms with Crippen molar-refractivity contribution in [2.45, 2.75) is 6.18 Å². The van der Waals surface area contributed by atoms with Crippen LogP contribution in [0.1, 0.15) is 10.5 Å². The van der Waals surface area contributed by atoms with E-state index in [0.717, 1.165) is 4.90 Å². The van der Waals surface area contributed by atoms with Gasteiger partial charge in [0.15, 0.2) is 11.4 Å². The standard InChI is InChI=1S/C18H15F3N2O4/c19-18(20,21)13-10-23(9-12(13)17(25)26)16(24)15-14(7-4-8-22-15)27-11-5-2-1-3-6-11/h1-8,12-13H,9-10H2,(H,25,26)/t12-,13-/m1/s1. The number of carbonyl (C=O) groups excluding carboxylic acids is 1. The van der Waals surface area contributed by atoms with E-state index < -0.39 is 43.0 Å². The lowest BCUT2D eigenvalue weighted by Gasteiger charge is -2.19. The number of carboxylic acids is 1. The molecule has 3 rings (SSSR count). The zero-order valence-corrected chi connectivity index (χ0v) is 13.9. The number of aliphatic carboxylic acids is 1. The van der Waals surface area contributed by atoms with E-state index >= 15 is 0 Å². The molecule has 1 amide bonds. The molecular weight excluding hydrogens is 365 g/mol. The number of carbonyl (C=O) groups is 2. The van der Waals surface area contributed by atoms with Gasteiger partial charge >= 0.3 is 12.1 Å². The second kappa shape index (κ2) is 7.26. The van der Waals surface area contributed by atoms with Gasteiger partial charge in [0.25, 0.3) is 5.91 Å². The Kier molecular flexibility index (Phi) is 5.02. The van der Waals surface area contributed by atoms with E-state index in [2.05, 4.69) is 4.98 Å². The molecule has 0 saturated carbocycles. The smallest absolute Gasteiger partial charge is 0.394 e. The van der Waals surface area contributed by atoms with Crippen LogP contribution in [-0.4, -0.2) is 46.1 Å². The Hall–Kier alpha value is -3.10. The van der Waals surface area contributed by atoms with Crippen LogP contribution in [0, 0.1) is 11.8 Å². The largest absolute Gasteiger partial charge is 0.481 e. The topological polar surface area (TPSA) is 79.7 Å². The van der Waals surface area contributed by atoms with Gasteiger partial charge in [-0.15, -0.1) is 0 Å². The van der Waals surface area contributed by atoms with E-state index in [-0.39, 0.29) is 11.4 Å². The molecule has 0 bridgehead atoms. The maximum absolute atomic E-state index is 13.1. The minimum absolute atomic E-state index is 0.0797. The summed E-state index contributed by atoms with van der Waals surface area (Å²) in [7, 11) is 0. The molecule has 0 spiro atoms. The quantitative estimate of drug-likeness (QED) is 0.881. The van der Waals surface area contributed by atoms with E-state index in [0.29, 0.717) is 5.75 Å². The Labute approximate surface area is 152 Å². The van der Waals surface area contributed by atoms with Crippen molar-refractivity contribution < 1.29 is 32.6 Å². The summed E-state index contributed by atoms with van der Waals surface area (Å²) >= 11 is 0. The molecule has 1 aromatic heterocycles. The van der Waals surface area contributed by atoms with Crippen LogP contribution < -0.4 is 4.74 Å². The molecule has 0 radical (unpaired) electrons. The van der Waals surface area contributed by atoms with Crippen LogP contribution in [-0.2, 0) is 4.79 Å². The third kappa shape index (κ3) is 4.02. The van der Waals surface area contributed by atoms with Crippen molar-refractivity contribution in [2.75, 3.05) is 13.1 Å². The highest BCUT2D eigenvalue weighted by molar-refractivity contribution is 5.95. The van der Waals surface area contributed by atoms with Gasteiger partial charge in [-0.2, -0.15) is 13.2 Å². The third-order valence-corrected chi connectivity index (χ3v) is 4.29. The van der Waals surface area contributed by atoms with Crippen LogP contribution in [0.4, 0.5) is 13.2 Å². The number of carboxylic acid groups (broad SMARTS) is 1. The zero-order valence-electron chi connectivity index (χ0n) is 13.9. The van der Waals surface area contributed by atoms with E-state index in [1.165, 1.54) is 18.3 Å². The number of ether oxygens (including phenoxy) is 1. The fraction of sp³-hybridized carbons (Fsp3) is 0.278. The van der Waals surface area contributed by atoms with Crippen LogP contribution in [0.15, 0.2) is 48.7 Å². The van der Waals surface area contributed by atoms with Gasteiger partial charge in [0.2, 0.25) is 0 Å². The number of pyridine rings is 1. The summed E-state index contributed by atoms with van der Waals surface area (Å²) in [5.41, 5.74) is -0.173. The molecule has 9 heteroatoms. The first kappa shape index (κ1) is 18.7. The number of alkyl halides is 3. The monoisotopic (exact) mass is 380 g/mol. The van der Waals surface area contributed by atoms with Gasteiger partial charge < -0.3 is 14.7 Å². The highest BCUT2D eigenvalue weighted by atomic mass is 19.4. The molecule has 1 fully saturated rings. The molecule has 0 aliphatic carbocycles. The number of benzene rings is 1. The summed E-state index contributed by atoms with van der Waals surface area (Å²) in [6.45, 7) is -1.28. The number of hydrogen-bond acceptors (Lipinski definition) is 4. The molecule has 2 heterocycles. The molecule has 1 aliphatic heterocycles. The molecule has 1 saturated heterocycles. The van der Waals surface area contributed by atoms with Gasteiger partial charge in [-0.05, 0) is 24.3 Å². The van der Waals surface area contributed by atoms with Gasteiger partial charge in [-0.25, -0.2) is 4.98 Å². The third-order valence-electron chi connectivity index (χ3n) is 4.29. The second-order valence-corrected chi connectivity index (χ2v) is 6.07. The number of rotatable bonds is 4. The van der Waals surface area contributed by atoms with Crippen molar-refractivity contribution in [3.63, 3.8) is 0 Å². The lowest BCUT2D eigenvalue weighted by molar-refractivity contribution is -0.187. The predicted octanol–water partition coefficient (Wildman–Crippen LogP) is 3.21. The number of para-hydroxylation sites is 1. The Bertz CT molecular complexity index is 842. The van der Waals surface area contributed by atoms with Gasteiger partial charge in [0.1, 0.15) is 5.75 Å². The van der Waals surface area contributed by atoms with Crippen molar-refractivity contribution in [2.24, 2.45) is 11.8 Å². The minimum atomic E-state index is -4.72. The lowest BCUT2D eigenvalue weighted by Crippen LogP contribution is -2.34. The van der Waals surface area contributed by atoms with Gasteiger partial charge in [-0.3, -0.25) is 9.59 Å². The Morgan fingerprint density at radius 1 is 1.11 bits per heavy atom. The van der Waals surface area contributed by atoms with Crippen molar-refractivity contribution in [1.82, 2.24) is 9.88 Å². The molecule has 1 N–H and O–H groups in total. The van der Waals surface area contributed by atoms with Gasteiger partial charge in [0.05, 0.1) is 11.8 Å².